The minimum Gasteiger partial charge on any atom is -0.504 e. The van der Waals surface area contributed by atoms with Crippen LogP contribution in [-0.2, 0) is 17.6 Å². The van der Waals surface area contributed by atoms with Crippen molar-refractivity contribution in [3.63, 3.8) is 0 Å². The minimum atomic E-state index is -0.201. The Kier molecular flexibility index (Phi) is 6.56. The maximum atomic E-state index is 13.1. The first-order valence-electron chi connectivity index (χ1n) is 10.9. The Morgan fingerprint density at radius 2 is 1.97 bits per heavy atom. The number of piperidine rings is 1. The molecule has 0 radical (unpaired) electrons. The fraction of sp³-hybridized carbons (Fsp3) is 0.500. The summed E-state index contributed by atoms with van der Waals surface area (Å²) in [4.78, 5) is 0. The third kappa shape index (κ3) is 4.61. The molecule has 4 N–H and O–H groups in total. The van der Waals surface area contributed by atoms with Crippen molar-refractivity contribution in [3.05, 3.63) is 58.9 Å². The average molecular weight is 415 g/mol. The summed E-state index contributed by atoms with van der Waals surface area (Å²) in [5.41, 5.74) is 2.96. The predicted molar refractivity (Wildman–Crippen MR) is 114 cm³/mol. The lowest BCUT2D eigenvalue weighted by atomic mass is 9.79. The molecule has 4 rings (SSSR count). The molecule has 0 aliphatic carbocycles. The lowest BCUT2D eigenvalue weighted by molar-refractivity contribution is -0.0646. The smallest absolute Gasteiger partial charge is 0.161 e. The Morgan fingerprint density at radius 1 is 1.17 bits per heavy atom. The highest BCUT2D eigenvalue weighted by molar-refractivity contribution is 5.51. The van der Waals surface area contributed by atoms with Crippen LogP contribution in [0.15, 0.2) is 36.4 Å². The number of benzene rings is 2. The number of rotatable bonds is 6. The van der Waals surface area contributed by atoms with Gasteiger partial charge in [-0.05, 0) is 74.5 Å². The molecule has 30 heavy (non-hydrogen) atoms. The van der Waals surface area contributed by atoms with Gasteiger partial charge in [-0.2, -0.15) is 0 Å². The number of nitrogens with one attached hydrogen (secondary N) is 2. The van der Waals surface area contributed by atoms with E-state index in [1.165, 1.54) is 12.1 Å². The summed E-state index contributed by atoms with van der Waals surface area (Å²) in [6.45, 7) is 1.62. The van der Waals surface area contributed by atoms with Gasteiger partial charge < -0.3 is 25.6 Å². The topological polar surface area (TPSA) is 73.8 Å². The molecule has 1 fully saturated rings. The number of phenolic OH excluding ortho intramolecular Hbond substituents is 2. The van der Waals surface area contributed by atoms with E-state index in [0.717, 1.165) is 48.9 Å². The maximum Gasteiger partial charge on any atom is 0.161 e. The zero-order chi connectivity index (χ0) is 21.1. The van der Waals surface area contributed by atoms with Gasteiger partial charge in [0.15, 0.2) is 11.5 Å². The van der Waals surface area contributed by atoms with Crippen LogP contribution in [0.25, 0.3) is 0 Å². The third-order valence-electron chi connectivity index (χ3n) is 6.47. The molecule has 2 heterocycles. The zero-order valence-corrected chi connectivity index (χ0v) is 17.4. The molecule has 2 aliphatic heterocycles. The van der Waals surface area contributed by atoms with Crippen LogP contribution in [0.3, 0.4) is 0 Å². The van der Waals surface area contributed by atoms with Gasteiger partial charge >= 0.3 is 0 Å². The standard InChI is InChI=1S/C24H31FN2O3/c1-26-14-19-13-21-20(8-9-22(28)23(21)29)24(30-19)16-10-11-27-18(12-16)7-4-15-2-5-17(25)6-3-15/h2-3,5-6,8-9,16,18-19,24,26-29H,4,7,10-14H2,1H3/t16?,18?,19-,24-/m1/s1. The van der Waals surface area contributed by atoms with E-state index < -0.39 is 0 Å². The molecule has 2 unspecified atom stereocenters. The van der Waals surface area contributed by atoms with Gasteiger partial charge in [0.05, 0.1) is 12.2 Å². The number of halogens is 1. The second-order valence-electron chi connectivity index (χ2n) is 8.54. The van der Waals surface area contributed by atoms with Gasteiger partial charge in [0.2, 0.25) is 0 Å². The van der Waals surface area contributed by atoms with Crippen LogP contribution in [0.2, 0.25) is 0 Å². The molecule has 4 atom stereocenters. The predicted octanol–water partition coefficient (Wildman–Crippen LogP) is 3.44. The molecular weight excluding hydrogens is 383 g/mol. The van der Waals surface area contributed by atoms with E-state index >= 15 is 0 Å². The van der Waals surface area contributed by atoms with Crippen molar-refractivity contribution in [2.75, 3.05) is 20.1 Å². The van der Waals surface area contributed by atoms with Gasteiger partial charge in [-0.25, -0.2) is 4.39 Å². The fourth-order valence-electron chi connectivity index (χ4n) is 4.92. The fourth-order valence-corrected chi connectivity index (χ4v) is 4.92. The number of hydrogen-bond donors (Lipinski definition) is 4. The van der Waals surface area contributed by atoms with Crippen LogP contribution >= 0.6 is 0 Å². The average Bonchev–Trinajstić information content (AvgIpc) is 2.76. The summed E-state index contributed by atoms with van der Waals surface area (Å²) < 4.78 is 19.6. The van der Waals surface area contributed by atoms with Crippen molar-refractivity contribution in [1.29, 1.82) is 0 Å². The van der Waals surface area contributed by atoms with Gasteiger partial charge in [-0.15, -0.1) is 0 Å². The molecule has 5 nitrogen and oxygen atoms in total. The molecule has 0 bridgehead atoms. The molecular formula is C24H31FN2O3. The van der Waals surface area contributed by atoms with Crippen molar-refractivity contribution in [2.45, 2.75) is 50.4 Å². The molecule has 162 valence electrons. The molecule has 0 amide bonds. The first-order chi connectivity index (χ1) is 14.5. The molecule has 0 aromatic heterocycles. The number of aryl methyl sites for hydroxylation is 1. The summed E-state index contributed by atoms with van der Waals surface area (Å²) in [6.07, 6.45) is 4.35. The van der Waals surface area contributed by atoms with Crippen LogP contribution in [0.4, 0.5) is 4.39 Å². The number of likely N-dealkylation sites (N-methyl/N-ethyl adjacent to an activating group) is 1. The van der Waals surface area contributed by atoms with Crippen molar-refractivity contribution >= 4 is 0 Å². The van der Waals surface area contributed by atoms with Gasteiger partial charge in [0, 0.05) is 24.6 Å². The van der Waals surface area contributed by atoms with Gasteiger partial charge in [0.1, 0.15) is 5.82 Å². The second-order valence-corrected chi connectivity index (χ2v) is 8.54. The summed E-state index contributed by atoms with van der Waals surface area (Å²) in [6, 6.07) is 10.6. The Balaban J connectivity index is 1.48. The Hall–Kier alpha value is -2.15. The Morgan fingerprint density at radius 3 is 2.73 bits per heavy atom. The van der Waals surface area contributed by atoms with Crippen molar-refractivity contribution in [2.24, 2.45) is 5.92 Å². The van der Waals surface area contributed by atoms with E-state index in [4.69, 9.17) is 4.74 Å². The van der Waals surface area contributed by atoms with Crippen molar-refractivity contribution in [1.82, 2.24) is 10.6 Å². The summed E-state index contributed by atoms with van der Waals surface area (Å²) >= 11 is 0. The number of ether oxygens (including phenoxy) is 1. The Labute approximate surface area is 177 Å². The third-order valence-corrected chi connectivity index (χ3v) is 6.47. The van der Waals surface area contributed by atoms with E-state index in [1.54, 1.807) is 6.07 Å². The SMILES string of the molecule is CNC[C@H]1Cc2c(ccc(O)c2O)[C@@H](C2CCNC(CCc3ccc(F)cc3)C2)O1. The van der Waals surface area contributed by atoms with Crippen LogP contribution in [-0.4, -0.2) is 42.5 Å². The highest BCUT2D eigenvalue weighted by atomic mass is 19.1. The Bertz CT molecular complexity index is 858. The molecule has 2 aromatic carbocycles. The molecule has 2 aromatic rings. The number of fused-ring (bicyclic) bond motifs is 1. The number of phenols is 2. The monoisotopic (exact) mass is 414 g/mol. The second kappa shape index (κ2) is 9.33. The van der Waals surface area contributed by atoms with Crippen LogP contribution in [0.5, 0.6) is 11.5 Å². The molecule has 0 spiro atoms. The molecule has 2 aliphatic rings. The number of hydrogen-bond acceptors (Lipinski definition) is 5. The highest BCUT2D eigenvalue weighted by Crippen LogP contribution is 2.45. The minimum absolute atomic E-state index is 0.0105. The van der Waals surface area contributed by atoms with Gasteiger partial charge in [0.25, 0.3) is 0 Å². The van der Waals surface area contributed by atoms with Gasteiger partial charge in [-0.3, -0.25) is 0 Å². The highest BCUT2D eigenvalue weighted by Gasteiger charge is 2.37. The summed E-state index contributed by atoms with van der Waals surface area (Å²) in [5, 5.41) is 27.2. The summed E-state index contributed by atoms with van der Waals surface area (Å²) in [7, 11) is 1.90. The van der Waals surface area contributed by atoms with Crippen molar-refractivity contribution in [3.8, 4) is 11.5 Å². The van der Waals surface area contributed by atoms with Crippen LogP contribution in [0.1, 0.15) is 42.1 Å². The van der Waals surface area contributed by atoms with E-state index in [2.05, 4.69) is 10.6 Å². The van der Waals surface area contributed by atoms with Crippen molar-refractivity contribution < 1.29 is 19.3 Å². The first-order valence-corrected chi connectivity index (χ1v) is 10.9. The molecule has 1 saturated heterocycles. The molecule has 6 heteroatoms. The number of aromatic hydroxyl groups is 2. The van der Waals surface area contributed by atoms with E-state index in [-0.39, 0.29) is 29.5 Å². The molecule has 0 saturated carbocycles. The van der Waals surface area contributed by atoms with Crippen LogP contribution < -0.4 is 10.6 Å². The largest absolute Gasteiger partial charge is 0.504 e. The van der Waals surface area contributed by atoms with E-state index in [0.29, 0.717) is 24.9 Å². The van der Waals surface area contributed by atoms with E-state index in [9.17, 15) is 14.6 Å². The lowest BCUT2D eigenvalue weighted by Crippen LogP contribution is -2.43. The maximum absolute atomic E-state index is 13.1. The normalized spacial score (nSPS) is 26.3. The lowest BCUT2D eigenvalue weighted by Gasteiger charge is -2.41. The quantitative estimate of drug-likeness (QED) is 0.545. The van der Waals surface area contributed by atoms with Gasteiger partial charge in [-0.1, -0.05) is 18.2 Å². The zero-order valence-electron chi connectivity index (χ0n) is 17.4. The first kappa shape index (κ1) is 21.1. The van der Waals surface area contributed by atoms with Crippen LogP contribution in [0, 0.1) is 11.7 Å². The summed E-state index contributed by atoms with van der Waals surface area (Å²) in [5.74, 6) is 0.0590. The van der Waals surface area contributed by atoms with E-state index in [1.807, 2.05) is 25.2 Å².